The first-order valence-corrected chi connectivity index (χ1v) is 3.57. The predicted molar refractivity (Wildman–Crippen MR) is 38.4 cm³/mol. The molecular formula is C8H12O2. The third kappa shape index (κ3) is 1.73. The quantitative estimate of drug-likeness (QED) is 0.567. The fourth-order valence-electron chi connectivity index (χ4n) is 1.16. The number of hydrogen-bond acceptors (Lipinski definition) is 2. The molecule has 0 aliphatic carbocycles. The lowest BCUT2D eigenvalue weighted by Gasteiger charge is -2.13. The number of rotatable bonds is 2. The second kappa shape index (κ2) is 3.60. The van der Waals surface area contributed by atoms with Crippen LogP contribution in [0.25, 0.3) is 0 Å². The molecule has 0 amide bonds. The van der Waals surface area contributed by atoms with Crippen molar-refractivity contribution in [1.82, 2.24) is 0 Å². The van der Waals surface area contributed by atoms with Crippen molar-refractivity contribution in [2.45, 2.75) is 31.5 Å². The molecule has 2 atom stereocenters. The molecule has 0 aromatic carbocycles. The molecule has 2 heteroatoms. The highest BCUT2D eigenvalue weighted by atomic mass is 16.5. The Morgan fingerprint density at radius 3 is 3.10 bits per heavy atom. The van der Waals surface area contributed by atoms with Crippen molar-refractivity contribution >= 4 is 0 Å². The molecule has 0 bridgehead atoms. The molecule has 0 radical (unpaired) electrons. The molecule has 56 valence electrons. The standard InChI is InChI=1S/C8H12O2/c1-2-4-7(9)8-5-3-6-10-8/h1,7-9H,3-6H2/t7-,8+/m1/s1. The maximum absolute atomic E-state index is 9.28. The zero-order valence-corrected chi connectivity index (χ0v) is 5.92. The maximum Gasteiger partial charge on any atom is 0.0910 e. The van der Waals surface area contributed by atoms with Crippen molar-refractivity contribution in [3.05, 3.63) is 0 Å². The van der Waals surface area contributed by atoms with Crippen molar-refractivity contribution in [1.29, 1.82) is 0 Å². The topological polar surface area (TPSA) is 29.5 Å². The van der Waals surface area contributed by atoms with Crippen molar-refractivity contribution in [3.63, 3.8) is 0 Å². The van der Waals surface area contributed by atoms with E-state index >= 15 is 0 Å². The minimum atomic E-state index is -0.451. The summed E-state index contributed by atoms with van der Waals surface area (Å²) in [5.74, 6) is 2.41. The van der Waals surface area contributed by atoms with Crippen LogP contribution >= 0.6 is 0 Å². The van der Waals surface area contributed by atoms with Crippen molar-refractivity contribution in [3.8, 4) is 12.3 Å². The van der Waals surface area contributed by atoms with Crippen LogP contribution in [0.3, 0.4) is 0 Å². The van der Waals surface area contributed by atoms with Crippen LogP contribution in [0.1, 0.15) is 19.3 Å². The number of aliphatic hydroxyl groups excluding tert-OH is 1. The Morgan fingerprint density at radius 1 is 1.80 bits per heavy atom. The van der Waals surface area contributed by atoms with Crippen LogP contribution in [0.15, 0.2) is 0 Å². The predicted octanol–water partition coefficient (Wildman–Crippen LogP) is 0.550. The lowest BCUT2D eigenvalue weighted by atomic mass is 10.1. The van der Waals surface area contributed by atoms with Crippen LogP contribution in [0.4, 0.5) is 0 Å². The van der Waals surface area contributed by atoms with E-state index in [-0.39, 0.29) is 6.10 Å². The van der Waals surface area contributed by atoms with E-state index in [0.717, 1.165) is 19.4 Å². The molecule has 1 rings (SSSR count). The highest BCUT2D eigenvalue weighted by molar-refractivity contribution is 4.90. The number of aliphatic hydroxyl groups is 1. The van der Waals surface area contributed by atoms with Crippen LogP contribution in [0.5, 0.6) is 0 Å². The molecule has 1 fully saturated rings. The normalized spacial score (nSPS) is 27.8. The average molecular weight is 140 g/mol. The summed E-state index contributed by atoms with van der Waals surface area (Å²) in [6.45, 7) is 0.770. The molecule has 0 aromatic rings. The molecule has 0 saturated carbocycles. The van der Waals surface area contributed by atoms with Gasteiger partial charge in [-0.1, -0.05) is 0 Å². The van der Waals surface area contributed by atoms with Gasteiger partial charge in [0.25, 0.3) is 0 Å². The van der Waals surface area contributed by atoms with E-state index in [0.29, 0.717) is 6.42 Å². The van der Waals surface area contributed by atoms with Gasteiger partial charge in [0.2, 0.25) is 0 Å². The van der Waals surface area contributed by atoms with E-state index in [9.17, 15) is 5.11 Å². The second-order valence-corrected chi connectivity index (χ2v) is 2.53. The van der Waals surface area contributed by atoms with Crippen LogP contribution in [0, 0.1) is 12.3 Å². The summed E-state index contributed by atoms with van der Waals surface area (Å²) in [5.41, 5.74) is 0. The Balaban J connectivity index is 2.26. The van der Waals surface area contributed by atoms with Gasteiger partial charge in [-0.25, -0.2) is 0 Å². The molecule has 1 N–H and O–H groups in total. The van der Waals surface area contributed by atoms with Gasteiger partial charge in [-0.3, -0.25) is 0 Å². The Morgan fingerprint density at radius 2 is 2.60 bits per heavy atom. The number of ether oxygens (including phenoxy) is 1. The first-order chi connectivity index (χ1) is 4.84. The van der Waals surface area contributed by atoms with E-state index in [4.69, 9.17) is 11.2 Å². The van der Waals surface area contributed by atoms with E-state index < -0.39 is 6.10 Å². The van der Waals surface area contributed by atoms with Crippen LogP contribution in [-0.4, -0.2) is 23.9 Å². The molecular weight excluding hydrogens is 128 g/mol. The minimum Gasteiger partial charge on any atom is -0.389 e. The summed E-state index contributed by atoms with van der Waals surface area (Å²) in [6, 6.07) is 0. The molecule has 1 heterocycles. The average Bonchev–Trinajstić information content (AvgIpc) is 2.38. The molecule has 1 aliphatic rings. The van der Waals surface area contributed by atoms with Crippen molar-refractivity contribution < 1.29 is 9.84 Å². The Bertz CT molecular complexity index is 131. The van der Waals surface area contributed by atoms with Gasteiger partial charge < -0.3 is 9.84 Å². The molecule has 2 nitrogen and oxygen atoms in total. The highest BCUT2D eigenvalue weighted by Gasteiger charge is 2.22. The Hall–Kier alpha value is -0.520. The van der Waals surface area contributed by atoms with Crippen molar-refractivity contribution in [2.75, 3.05) is 6.61 Å². The first-order valence-electron chi connectivity index (χ1n) is 3.57. The summed E-state index contributed by atoms with van der Waals surface area (Å²) in [4.78, 5) is 0. The van der Waals surface area contributed by atoms with Gasteiger partial charge in [0, 0.05) is 13.0 Å². The van der Waals surface area contributed by atoms with Gasteiger partial charge >= 0.3 is 0 Å². The van der Waals surface area contributed by atoms with Crippen LogP contribution < -0.4 is 0 Å². The van der Waals surface area contributed by atoms with Gasteiger partial charge in [-0.2, -0.15) is 0 Å². The van der Waals surface area contributed by atoms with E-state index in [1.165, 1.54) is 0 Å². The van der Waals surface area contributed by atoms with Gasteiger partial charge in [-0.05, 0) is 12.8 Å². The summed E-state index contributed by atoms with van der Waals surface area (Å²) >= 11 is 0. The minimum absolute atomic E-state index is 0.00366. The summed E-state index contributed by atoms with van der Waals surface area (Å²) < 4.78 is 5.22. The van der Waals surface area contributed by atoms with Crippen molar-refractivity contribution in [2.24, 2.45) is 0 Å². The smallest absolute Gasteiger partial charge is 0.0910 e. The van der Waals surface area contributed by atoms with Gasteiger partial charge in [0.1, 0.15) is 0 Å². The molecule has 0 spiro atoms. The summed E-state index contributed by atoms with van der Waals surface area (Å²) in [7, 11) is 0. The van der Waals surface area contributed by atoms with E-state index in [2.05, 4.69) is 5.92 Å². The molecule has 1 saturated heterocycles. The summed E-state index contributed by atoms with van der Waals surface area (Å²) in [6.07, 6.45) is 6.98. The molecule has 0 unspecified atom stereocenters. The molecule has 10 heavy (non-hydrogen) atoms. The maximum atomic E-state index is 9.28. The van der Waals surface area contributed by atoms with Gasteiger partial charge in [-0.15, -0.1) is 12.3 Å². The van der Waals surface area contributed by atoms with E-state index in [1.54, 1.807) is 0 Å². The monoisotopic (exact) mass is 140 g/mol. The second-order valence-electron chi connectivity index (χ2n) is 2.53. The lowest BCUT2D eigenvalue weighted by molar-refractivity contribution is 0.00161. The zero-order chi connectivity index (χ0) is 7.40. The third-order valence-electron chi connectivity index (χ3n) is 1.72. The first kappa shape index (κ1) is 7.59. The fraction of sp³-hybridized carbons (Fsp3) is 0.750. The highest BCUT2D eigenvalue weighted by Crippen LogP contribution is 2.16. The van der Waals surface area contributed by atoms with Crippen LogP contribution in [-0.2, 0) is 4.74 Å². The largest absolute Gasteiger partial charge is 0.389 e. The van der Waals surface area contributed by atoms with Crippen LogP contribution in [0.2, 0.25) is 0 Å². The number of terminal acetylenes is 1. The lowest BCUT2D eigenvalue weighted by Crippen LogP contribution is -2.24. The number of hydrogen-bond donors (Lipinski definition) is 1. The summed E-state index contributed by atoms with van der Waals surface area (Å²) in [5, 5.41) is 9.28. The SMILES string of the molecule is C#CC[C@@H](O)[C@@H]1CCCO1. The molecule has 1 aliphatic heterocycles. The molecule has 0 aromatic heterocycles. The Labute approximate surface area is 61.2 Å². The van der Waals surface area contributed by atoms with E-state index in [1.807, 2.05) is 0 Å². The fourth-order valence-corrected chi connectivity index (χ4v) is 1.16. The van der Waals surface area contributed by atoms with Gasteiger partial charge in [0.05, 0.1) is 12.2 Å². The van der Waals surface area contributed by atoms with Gasteiger partial charge in [0.15, 0.2) is 0 Å². The third-order valence-corrected chi connectivity index (χ3v) is 1.72. The Kier molecular flexibility index (Phi) is 2.73. The zero-order valence-electron chi connectivity index (χ0n) is 5.92.